The summed E-state index contributed by atoms with van der Waals surface area (Å²) in [4.78, 5) is 0. The lowest BCUT2D eigenvalue weighted by molar-refractivity contribution is 0.0876. The van der Waals surface area contributed by atoms with E-state index in [4.69, 9.17) is 4.74 Å². The SMILES string of the molecule is Fc1ccc(NC2CCCOC2)c(I)c1. The molecule has 0 radical (unpaired) electrons. The number of rotatable bonds is 2. The molecule has 1 aliphatic heterocycles. The molecule has 1 aromatic carbocycles. The highest BCUT2D eigenvalue weighted by Gasteiger charge is 2.14. The molecule has 1 aliphatic rings. The van der Waals surface area contributed by atoms with Gasteiger partial charge in [-0.05, 0) is 53.6 Å². The van der Waals surface area contributed by atoms with E-state index < -0.39 is 0 Å². The molecule has 1 fully saturated rings. The van der Waals surface area contributed by atoms with Crippen LogP contribution >= 0.6 is 22.6 Å². The molecule has 82 valence electrons. The summed E-state index contributed by atoms with van der Waals surface area (Å²) < 4.78 is 19.2. The second-order valence-corrected chi connectivity index (χ2v) is 4.84. The van der Waals surface area contributed by atoms with Gasteiger partial charge in [-0.3, -0.25) is 0 Å². The summed E-state index contributed by atoms with van der Waals surface area (Å²) in [6.45, 7) is 1.60. The number of ether oxygens (including phenoxy) is 1. The monoisotopic (exact) mass is 321 g/mol. The van der Waals surface area contributed by atoms with Gasteiger partial charge in [0.2, 0.25) is 0 Å². The van der Waals surface area contributed by atoms with Crippen LogP contribution in [0.2, 0.25) is 0 Å². The Labute approximate surface area is 102 Å². The highest BCUT2D eigenvalue weighted by Crippen LogP contribution is 2.21. The van der Waals surface area contributed by atoms with Gasteiger partial charge in [-0.15, -0.1) is 0 Å². The first-order chi connectivity index (χ1) is 7.25. The highest BCUT2D eigenvalue weighted by molar-refractivity contribution is 14.1. The fraction of sp³-hybridized carbons (Fsp3) is 0.455. The zero-order valence-electron chi connectivity index (χ0n) is 8.30. The molecule has 1 heterocycles. The molecule has 15 heavy (non-hydrogen) atoms. The molecule has 2 rings (SSSR count). The second kappa shape index (κ2) is 5.12. The van der Waals surface area contributed by atoms with Gasteiger partial charge in [0.05, 0.1) is 6.61 Å². The quantitative estimate of drug-likeness (QED) is 0.846. The van der Waals surface area contributed by atoms with E-state index in [0.29, 0.717) is 6.04 Å². The van der Waals surface area contributed by atoms with E-state index in [1.54, 1.807) is 6.07 Å². The van der Waals surface area contributed by atoms with Crippen LogP contribution in [0, 0.1) is 9.39 Å². The Morgan fingerprint density at radius 1 is 1.47 bits per heavy atom. The molecule has 4 heteroatoms. The molecular weight excluding hydrogens is 308 g/mol. The van der Waals surface area contributed by atoms with Gasteiger partial charge >= 0.3 is 0 Å². The van der Waals surface area contributed by atoms with Crippen molar-refractivity contribution in [2.45, 2.75) is 18.9 Å². The Bertz CT molecular complexity index is 339. The highest BCUT2D eigenvalue weighted by atomic mass is 127. The summed E-state index contributed by atoms with van der Waals surface area (Å²) in [6.07, 6.45) is 2.21. The van der Waals surface area contributed by atoms with E-state index in [-0.39, 0.29) is 5.82 Å². The lowest BCUT2D eigenvalue weighted by Crippen LogP contribution is -2.30. The Kier molecular flexibility index (Phi) is 3.80. The summed E-state index contributed by atoms with van der Waals surface area (Å²) in [5.74, 6) is -0.190. The molecular formula is C11H13FINO. The fourth-order valence-corrected chi connectivity index (χ4v) is 2.31. The first kappa shape index (κ1) is 11.1. The smallest absolute Gasteiger partial charge is 0.124 e. The van der Waals surface area contributed by atoms with Crippen LogP contribution < -0.4 is 5.32 Å². The van der Waals surface area contributed by atoms with E-state index >= 15 is 0 Å². The van der Waals surface area contributed by atoms with Crippen molar-refractivity contribution >= 4 is 28.3 Å². The van der Waals surface area contributed by atoms with E-state index in [1.165, 1.54) is 12.1 Å². The van der Waals surface area contributed by atoms with Crippen LogP contribution in [0.3, 0.4) is 0 Å². The van der Waals surface area contributed by atoms with Crippen molar-refractivity contribution in [2.24, 2.45) is 0 Å². The molecule has 1 N–H and O–H groups in total. The van der Waals surface area contributed by atoms with Gasteiger partial charge < -0.3 is 10.1 Å². The molecule has 0 aliphatic carbocycles. The van der Waals surface area contributed by atoms with Crippen molar-refractivity contribution < 1.29 is 9.13 Å². The minimum Gasteiger partial charge on any atom is -0.379 e. The second-order valence-electron chi connectivity index (χ2n) is 3.68. The molecule has 1 unspecified atom stereocenters. The summed E-state index contributed by atoms with van der Waals surface area (Å²) in [7, 11) is 0. The van der Waals surface area contributed by atoms with Gasteiger partial charge in [0.15, 0.2) is 0 Å². The van der Waals surface area contributed by atoms with Crippen LogP contribution in [-0.4, -0.2) is 19.3 Å². The molecule has 0 amide bonds. The van der Waals surface area contributed by atoms with Crippen molar-refractivity contribution in [3.05, 3.63) is 27.6 Å². The van der Waals surface area contributed by atoms with E-state index in [1.807, 2.05) is 0 Å². The number of hydrogen-bond donors (Lipinski definition) is 1. The van der Waals surface area contributed by atoms with Gasteiger partial charge in [-0.2, -0.15) is 0 Å². The molecule has 1 saturated heterocycles. The lowest BCUT2D eigenvalue weighted by atomic mass is 10.1. The molecule has 1 aromatic rings. The minimum atomic E-state index is -0.190. The molecule has 0 spiro atoms. The van der Waals surface area contributed by atoms with E-state index in [2.05, 4.69) is 27.9 Å². The third kappa shape index (κ3) is 3.04. The Morgan fingerprint density at radius 2 is 2.33 bits per heavy atom. The number of nitrogens with one attached hydrogen (secondary N) is 1. The maximum absolute atomic E-state index is 12.9. The summed E-state index contributed by atoms with van der Waals surface area (Å²) >= 11 is 2.14. The minimum absolute atomic E-state index is 0.190. The molecule has 1 atom stereocenters. The third-order valence-electron chi connectivity index (χ3n) is 2.45. The van der Waals surface area contributed by atoms with Crippen LogP contribution in [0.15, 0.2) is 18.2 Å². The van der Waals surface area contributed by atoms with Gasteiger partial charge in [0, 0.05) is 21.9 Å². The topological polar surface area (TPSA) is 21.3 Å². The molecule has 0 bridgehead atoms. The largest absolute Gasteiger partial charge is 0.379 e. The third-order valence-corrected chi connectivity index (χ3v) is 3.34. The lowest BCUT2D eigenvalue weighted by Gasteiger charge is -2.24. The Morgan fingerprint density at radius 3 is 3.00 bits per heavy atom. The first-order valence-corrected chi connectivity index (χ1v) is 6.13. The zero-order chi connectivity index (χ0) is 10.7. The van der Waals surface area contributed by atoms with Crippen molar-refractivity contribution in [3.63, 3.8) is 0 Å². The number of halogens is 2. The maximum atomic E-state index is 12.9. The average Bonchev–Trinajstić information content (AvgIpc) is 2.24. The predicted octanol–water partition coefficient (Wildman–Crippen LogP) is 3.02. The Hall–Kier alpha value is -0.360. The fourth-order valence-electron chi connectivity index (χ4n) is 1.68. The van der Waals surface area contributed by atoms with E-state index in [0.717, 1.165) is 35.3 Å². The zero-order valence-corrected chi connectivity index (χ0v) is 10.5. The summed E-state index contributed by atoms with van der Waals surface area (Å²) in [5, 5.41) is 3.38. The van der Waals surface area contributed by atoms with Gasteiger partial charge in [0.1, 0.15) is 5.82 Å². The van der Waals surface area contributed by atoms with Crippen LogP contribution in [-0.2, 0) is 4.74 Å². The van der Waals surface area contributed by atoms with Gasteiger partial charge in [0.25, 0.3) is 0 Å². The summed E-state index contributed by atoms with van der Waals surface area (Å²) in [5.41, 5.74) is 0.993. The van der Waals surface area contributed by atoms with Crippen molar-refractivity contribution in [1.82, 2.24) is 0 Å². The first-order valence-electron chi connectivity index (χ1n) is 5.05. The van der Waals surface area contributed by atoms with Crippen LogP contribution in [0.4, 0.5) is 10.1 Å². The van der Waals surface area contributed by atoms with Gasteiger partial charge in [-0.1, -0.05) is 0 Å². The van der Waals surface area contributed by atoms with Crippen molar-refractivity contribution in [3.8, 4) is 0 Å². The van der Waals surface area contributed by atoms with Gasteiger partial charge in [-0.25, -0.2) is 4.39 Å². The molecule has 0 aromatic heterocycles. The maximum Gasteiger partial charge on any atom is 0.124 e. The summed E-state index contributed by atoms with van der Waals surface area (Å²) in [6, 6.07) is 5.16. The predicted molar refractivity (Wildman–Crippen MR) is 66.6 cm³/mol. The average molecular weight is 321 g/mol. The molecule has 0 saturated carbocycles. The number of hydrogen-bond acceptors (Lipinski definition) is 2. The number of anilines is 1. The van der Waals surface area contributed by atoms with Crippen LogP contribution in [0.5, 0.6) is 0 Å². The van der Waals surface area contributed by atoms with Crippen LogP contribution in [0.1, 0.15) is 12.8 Å². The normalized spacial score (nSPS) is 21.3. The number of benzene rings is 1. The standard InChI is InChI=1S/C11H13FINO/c12-8-3-4-11(10(13)6-8)14-9-2-1-5-15-7-9/h3-4,6,9,14H,1-2,5,7H2. The van der Waals surface area contributed by atoms with Crippen LogP contribution in [0.25, 0.3) is 0 Å². The molecule has 2 nitrogen and oxygen atoms in total. The van der Waals surface area contributed by atoms with Crippen molar-refractivity contribution in [2.75, 3.05) is 18.5 Å². The van der Waals surface area contributed by atoms with E-state index in [9.17, 15) is 4.39 Å². The van der Waals surface area contributed by atoms with Crippen molar-refractivity contribution in [1.29, 1.82) is 0 Å². The Balaban J connectivity index is 2.03.